The lowest BCUT2D eigenvalue weighted by atomic mass is 9.97. The summed E-state index contributed by atoms with van der Waals surface area (Å²) in [6, 6.07) is 0. The topological polar surface area (TPSA) is 30.7 Å². The van der Waals surface area contributed by atoms with Crippen LogP contribution in [0, 0.1) is 0 Å². The highest BCUT2D eigenvalue weighted by Crippen LogP contribution is 2.24. The molecule has 0 saturated carbocycles. The number of aryl methyl sites for hydroxylation is 1. The van der Waals surface area contributed by atoms with Crippen LogP contribution in [-0.4, -0.2) is 14.8 Å². The summed E-state index contributed by atoms with van der Waals surface area (Å²) in [6.45, 7) is 7.58. The molecule has 0 spiro atoms. The molecule has 0 radical (unpaired) electrons. The lowest BCUT2D eigenvalue weighted by molar-refractivity contribution is 0.506. The third kappa shape index (κ3) is 2.56. The molecule has 1 heterocycles. The van der Waals surface area contributed by atoms with Gasteiger partial charge in [-0.1, -0.05) is 26.7 Å². The number of hydrogen-bond donors (Lipinski definition) is 0. The molecule has 0 aliphatic heterocycles. The summed E-state index contributed by atoms with van der Waals surface area (Å²) < 4.78 is 2.16. The van der Waals surface area contributed by atoms with E-state index >= 15 is 0 Å². The molecule has 0 N–H and O–H groups in total. The fourth-order valence-electron chi connectivity index (χ4n) is 1.92. The zero-order chi connectivity index (χ0) is 10.4. The van der Waals surface area contributed by atoms with E-state index in [0.29, 0.717) is 5.92 Å². The van der Waals surface area contributed by atoms with Crippen LogP contribution < -0.4 is 0 Å². The maximum atomic E-state index is 4.24. The van der Waals surface area contributed by atoms with E-state index in [-0.39, 0.29) is 0 Å². The zero-order valence-electron chi connectivity index (χ0n) is 9.53. The summed E-state index contributed by atoms with van der Waals surface area (Å²) in [5, 5.41) is 8.23. The Morgan fingerprint density at radius 2 is 1.86 bits per heavy atom. The van der Waals surface area contributed by atoms with Crippen molar-refractivity contribution in [1.29, 1.82) is 0 Å². The van der Waals surface area contributed by atoms with Gasteiger partial charge >= 0.3 is 0 Å². The van der Waals surface area contributed by atoms with E-state index in [1.807, 2.05) is 6.33 Å². The minimum atomic E-state index is 0.604. The van der Waals surface area contributed by atoms with Crippen molar-refractivity contribution in [3.63, 3.8) is 0 Å². The summed E-state index contributed by atoms with van der Waals surface area (Å²) in [5.41, 5.74) is 0. The molecule has 3 nitrogen and oxygen atoms in total. The summed E-state index contributed by atoms with van der Waals surface area (Å²) >= 11 is 0. The molecule has 0 amide bonds. The van der Waals surface area contributed by atoms with Crippen molar-refractivity contribution < 1.29 is 0 Å². The smallest absolute Gasteiger partial charge is 0.135 e. The molecule has 14 heavy (non-hydrogen) atoms. The van der Waals surface area contributed by atoms with Gasteiger partial charge in [-0.25, -0.2) is 0 Å². The van der Waals surface area contributed by atoms with E-state index in [0.717, 1.165) is 6.54 Å². The highest BCUT2D eigenvalue weighted by atomic mass is 15.3. The fourth-order valence-corrected chi connectivity index (χ4v) is 1.92. The maximum absolute atomic E-state index is 4.24. The van der Waals surface area contributed by atoms with Crippen LogP contribution in [0.25, 0.3) is 0 Å². The SMILES string of the molecule is CCCC(CCC)c1nncn1CC. The Balaban J connectivity index is 2.75. The Morgan fingerprint density at radius 1 is 1.21 bits per heavy atom. The largest absolute Gasteiger partial charge is 0.318 e. The molecule has 80 valence electrons. The van der Waals surface area contributed by atoms with Crippen molar-refractivity contribution in [2.45, 2.75) is 58.9 Å². The molecule has 0 unspecified atom stereocenters. The molecular formula is C11H21N3. The van der Waals surface area contributed by atoms with Crippen molar-refractivity contribution in [3.8, 4) is 0 Å². The lowest BCUT2D eigenvalue weighted by Crippen LogP contribution is -2.08. The number of nitrogens with zero attached hydrogens (tertiary/aromatic N) is 3. The van der Waals surface area contributed by atoms with Crippen molar-refractivity contribution in [2.75, 3.05) is 0 Å². The predicted octanol–water partition coefficient (Wildman–Crippen LogP) is 2.98. The molecular weight excluding hydrogens is 174 g/mol. The molecule has 1 aromatic heterocycles. The normalized spacial score (nSPS) is 11.1. The van der Waals surface area contributed by atoms with E-state index in [2.05, 4.69) is 35.5 Å². The van der Waals surface area contributed by atoms with Crippen LogP contribution >= 0.6 is 0 Å². The van der Waals surface area contributed by atoms with Crippen LogP contribution in [0.5, 0.6) is 0 Å². The van der Waals surface area contributed by atoms with Gasteiger partial charge in [-0.2, -0.15) is 0 Å². The van der Waals surface area contributed by atoms with Crippen molar-refractivity contribution >= 4 is 0 Å². The Bertz CT molecular complexity index is 249. The van der Waals surface area contributed by atoms with Crippen LogP contribution in [0.1, 0.15) is 58.2 Å². The number of hydrogen-bond acceptors (Lipinski definition) is 2. The third-order valence-corrected chi connectivity index (χ3v) is 2.63. The summed E-state index contributed by atoms with van der Waals surface area (Å²) in [4.78, 5) is 0. The first-order valence-electron chi connectivity index (χ1n) is 5.71. The molecule has 1 aromatic rings. The zero-order valence-corrected chi connectivity index (χ0v) is 9.53. The first-order valence-corrected chi connectivity index (χ1v) is 5.71. The van der Waals surface area contributed by atoms with E-state index in [4.69, 9.17) is 0 Å². The van der Waals surface area contributed by atoms with Crippen LogP contribution in [0.15, 0.2) is 6.33 Å². The summed E-state index contributed by atoms with van der Waals surface area (Å²) in [7, 11) is 0. The molecule has 3 heteroatoms. The fraction of sp³-hybridized carbons (Fsp3) is 0.818. The average Bonchev–Trinajstić information content (AvgIpc) is 2.65. The highest BCUT2D eigenvalue weighted by Gasteiger charge is 2.15. The quantitative estimate of drug-likeness (QED) is 0.698. The number of rotatable bonds is 6. The van der Waals surface area contributed by atoms with Crippen molar-refractivity contribution in [1.82, 2.24) is 14.8 Å². The second-order valence-electron chi connectivity index (χ2n) is 3.75. The van der Waals surface area contributed by atoms with E-state index in [1.54, 1.807) is 0 Å². The second-order valence-corrected chi connectivity index (χ2v) is 3.75. The van der Waals surface area contributed by atoms with Gasteiger partial charge in [0.2, 0.25) is 0 Å². The molecule has 0 aliphatic carbocycles. The minimum absolute atomic E-state index is 0.604. The van der Waals surface area contributed by atoms with Gasteiger partial charge in [0.1, 0.15) is 12.2 Å². The van der Waals surface area contributed by atoms with Crippen LogP contribution in [0.3, 0.4) is 0 Å². The van der Waals surface area contributed by atoms with Gasteiger partial charge in [-0.3, -0.25) is 0 Å². The van der Waals surface area contributed by atoms with Gasteiger partial charge in [0.25, 0.3) is 0 Å². The monoisotopic (exact) mass is 195 g/mol. The van der Waals surface area contributed by atoms with Gasteiger partial charge in [-0.05, 0) is 19.8 Å². The predicted molar refractivity (Wildman–Crippen MR) is 58.3 cm³/mol. The van der Waals surface area contributed by atoms with Gasteiger partial charge in [-0.15, -0.1) is 10.2 Å². The van der Waals surface area contributed by atoms with Crippen LogP contribution in [0.4, 0.5) is 0 Å². The van der Waals surface area contributed by atoms with Crippen LogP contribution in [0.2, 0.25) is 0 Å². The molecule has 0 atom stereocenters. The van der Waals surface area contributed by atoms with Gasteiger partial charge in [0.05, 0.1) is 0 Å². The van der Waals surface area contributed by atoms with Gasteiger partial charge in [0.15, 0.2) is 0 Å². The van der Waals surface area contributed by atoms with Gasteiger partial charge < -0.3 is 4.57 Å². The van der Waals surface area contributed by atoms with E-state index in [1.165, 1.54) is 31.5 Å². The molecule has 0 saturated heterocycles. The molecule has 1 rings (SSSR count). The Hall–Kier alpha value is -0.860. The van der Waals surface area contributed by atoms with Crippen molar-refractivity contribution in [3.05, 3.63) is 12.2 Å². The molecule has 0 aromatic carbocycles. The highest BCUT2D eigenvalue weighted by molar-refractivity contribution is 4.95. The second kappa shape index (κ2) is 5.78. The summed E-state index contributed by atoms with van der Waals surface area (Å²) in [6.07, 6.45) is 6.75. The number of aromatic nitrogens is 3. The lowest BCUT2D eigenvalue weighted by Gasteiger charge is -2.14. The first-order chi connectivity index (χ1) is 6.83. The average molecular weight is 195 g/mol. The Labute approximate surface area is 86.5 Å². The Morgan fingerprint density at radius 3 is 2.36 bits per heavy atom. The van der Waals surface area contributed by atoms with Crippen molar-refractivity contribution in [2.24, 2.45) is 0 Å². The van der Waals surface area contributed by atoms with E-state index < -0.39 is 0 Å². The first kappa shape index (κ1) is 11.2. The van der Waals surface area contributed by atoms with E-state index in [9.17, 15) is 0 Å². The standard InChI is InChI=1S/C11H21N3/c1-4-7-10(8-5-2)11-13-12-9-14(11)6-3/h9-10H,4-8H2,1-3H3. The maximum Gasteiger partial charge on any atom is 0.135 e. The van der Waals surface area contributed by atoms with Gasteiger partial charge in [0, 0.05) is 12.5 Å². The summed E-state index contributed by atoms with van der Waals surface area (Å²) in [5.74, 6) is 1.78. The molecule has 0 fully saturated rings. The van der Waals surface area contributed by atoms with Crippen LogP contribution in [-0.2, 0) is 6.54 Å². The Kier molecular flexibility index (Phi) is 4.63. The third-order valence-electron chi connectivity index (χ3n) is 2.63. The molecule has 0 aliphatic rings. The minimum Gasteiger partial charge on any atom is -0.318 e. The molecule has 0 bridgehead atoms.